The van der Waals surface area contributed by atoms with Crippen molar-refractivity contribution in [2.24, 2.45) is 0 Å². The number of allylic oxidation sites excluding steroid dienone is 2. The van der Waals surface area contributed by atoms with Crippen molar-refractivity contribution < 1.29 is 0 Å². The number of fused-ring (bicyclic) bond motifs is 1. The molecule has 0 bridgehead atoms. The molecule has 3 heteroatoms. The summed E-state index contributed by atoms with van der Waals surface area (Å²) in [5, 5.41) is 0.673. The molecule has 0 radical (unpaired) electrons. The summed E-state index contributed by atoms with van der Waals surface area (Å²) < 4.78 is 0. The number of hydrogen-bond acceptors (Lipinski definition) is 2. The van der Waals surface area contributed by atoms with Gasteiger partial charge in [-0.3, -0.25) is 9.78 Å². The van der Waals surface area contributed by atoms with E-state index in [-0.39, 0.29) is 5.56 Å². The molecule has 0 aliphatic heterocycles. The summed E-state index contributed by atoms with van der Waals surface area (Å²) in [7, 11) is 0. The summed E-state index contributed by atoms with van der Waals surface area (Å²) >= 11 is 0. The summed E-state index contributed by atoms with van der Waals surface area (Å²) in [6.45, 7) is 2.03. The molecule has 0 amide bonds. The van der Waals surface area contributed by atoms with Crippen LogP contribution in [0.25, 0.3) is 16.5 Å². The van der Waals surface area contributed by atoms with Crippen LogP contribution in [0, 0.1) is 6.92 Å². The van der Waals surface area contributed by atoms with Crippen molar-refractivity contribution in [2.45, 2.75) is 26.2 Å². The van der Waals surface area contributed by atoms with Crippen LogP contribution in [0.4, 0.5) is 0 Å². The minimum Gasteiger partial charge on any atom is -0.321 e. The van der Waals surface area contributed by atoms with Gasteiger partial charge in [-0.2, -0.15) is 0 Å². The van der Waals surface area contributed by atoms with Gasteiger partial charge < -0.3 is 4.98 Å². The Hall–Kier alpha value is -1.90. The van der Waals surface area contributed by atoms with Crippen LogP contribution >= 0.6 is 0 Å². The Labute approximate surface area is 99.2 Å². The maximum atomic E-state index is 12.0. The zero-order valence-electron chi connectivity index (χ0n) is 9.79. The lowest BCUT2D eigenvalue weighted by molar-refractivity contribution is 0.931. The minimum absolute atomic E-state index is 0.0403. The zero-order chi connectivity index (χ0) is 11.8. The van der Waals surface area contributed by atoms with E-state index in [1.54, 1.807) is 12.3 Å². The number of aromatic amines is 1. The second kappa shape index (κ2) is 3.84. The highest BCUT2D eigenvalue weighted by Crippen LogP contribution is 2.29. The van der Waals surface area contributed by atoms with E-state index in [1.807, 2.05) is 13.0 Å². The topological polar surface area (TPSA) is 45.8 Å². The fourth-order valence-corrected chi connectivity index (χ4v) is 2.50. The lowest BCUT2D eigenvalue weighted by Gasteiger charge is -2.09. The molecule has 3 rings (SSSR count). The van der Waals surface area contributed by atoms with Gasteiger partial charge in [0.25, 0.3) is 5.56 Å². The maximum absolute atomic E-state index is 12.0. The van der Waals surface area contributed by atoms with Crippen LogP contribution in [-0.2, 0) is 0 Å². The van der Waals surface area contributed by atoms with Crippen LogP contribution in [0.1, 0.15) is 30.5 Å². The number of nitrogens with one attached hydrogen (secondary N) is 1. The molecule has 3 nitrogen and oxygen atoms in total. The molecule has 2 aromatic rings. The first kappa shape index (κ1) is 10.3. The Bertz CT molecular complexity index is 667. The van der Waals surface area contributed by atoms with Gasteiger partial charge in [-0.1, -0.05) is 6.08 Å². The first-order chi connectivity index (χ1) is 8.27. The first-order valence-electron chi connectivity index (χ1n) is 5.94. The van der Waals surface area contributed by atoms with Gasteiger partial charge in [-0.25, -0.2) is 0 Å². The van der Waals surface area contributed by atoms with Crippen molar-refractivity contribution in [3.05, 3.63) is 46.0 Å². The predicted octanol–water partition coefficient (Wildman–Crippen LogP) is 2.80. The van der Waals surface area contributed by atoms with E-state index >= 15 is 0 Å². The Morgan fingerprint density at radius 2 is 2.29 bits per heavy atom. The summed E-state index contributed by atoms with van der Waals surface area (Å²) in [6.07, 6.45) is 7.29. The van der Waals surface area contributed by atoms with E-state index in [9.17, 15) is 4.79 Å². The molecule has 0 unspecified atom stereocenters. The Morgan fingerprint density at radius 3 is 3.06 bits per heavy atom. The highest BCUT2D eigenvalue weighted by molar-refractivity contribution is 5.85. The zero-order valence-corrected chi connectivity index (χ0v) is 9.79. The number of hydrogen-bond donors (Lipinski definition) is 1. The van der Waals surface area contributed by atoms with Crippen LogP contribution in [0.15, 0.2) is 29.2 Å². The number of H-pyrrole nitrogens is 1. The summed E-state index contributed by atoms with van der Waals surface area (Å²) in [5.41, 5.74) is 4.08. The molecule has 0 saturated heterocycles. The van der Waals surface area contributed by atoms with Crippen LogP contribution in [0.5, 0.6) is 0 Å². The van der Waals surface area contributed by atoms with Crippen LogP contribution in [0.2, 0.25) is 0 Å². The van der Waals surface area contributed by atoms with E-state index in [0.29, 0.717) is 5.39 Å². The Morgan fingerprint density at radius 1 is 1.41 bits per heavy atom. The van der Waals surface area contributed by atoms with Gasteiger partial charge in [0.05, 0.1) is 10.9 Å². The predicted molar refractivity (Wildman–Crippen MR) is 68.9 cm³/mol. The molecule has 17 heavy (non-hydrogen) atoms. The lowest BCUT2D eigenvalue weighted by Crippen LogP contribution is -2.11. The molecule has 0 fully saturated rings. The quantitative estimate of drug-likeness (QED) is 0.812. The number of aromatic nitrogens is 2. The molecule has 0 atom stereocenters. The molecule has 1 aliphatic carbocycles. The second-order valence-electron chi connectivity index (χ2n) is 4.48. The van der Waals surface area contributed by atoms with Crippen LogP contribution in [0.3, 0.4) is 0 Å². The Balaban J connectivity index is 2.34. The van der Waals surface area contributed by atoms with Crippen molar-refractivity contribution in [2.75, 3.05) is 0 Å². The first-order valence-corrected chi connectivity index (χ1v) is 5.94. The van der Waals surface area contributed by atoms with Gasteiger partial charge in [0.15, 0.2) is 0 Å². The third kappa shape index (κ3) is 1.58. The van der Waals surface area contributed by atoms with Gasteiger partial charge >= 0.3 is 0 Å². The highest BCUT2D eigenvalue weighted by Gasteiger charge is 2.14. The number of pyridine rings is 2. The minimum atomic E-state index is -0.0403. The Kier molecular flexibility index (Phi) is 2.32. The highest BCUT2D eigenvalue weighted by atomic mass is 16.1. The third-order valence-corrected chi connectivity index (χ3v) is 3.38. The largest absolute Gasteiger partial charge is 0.321 e. The number of nitrogens with zero attached hydrogens (tertiary/aromatic N) is 1. The summed E-state index contributed by atoms with van der Waals surface area (Å²) in [6, 6.07) is 3.62. The average molecular weight is 226 g/mol. The second-order valence-corrected chi connectivity index (χ2v) is 4.48. The molecule has 2 aromatic heterocycles. The van der Waals surface area contributed by atoms with E-state index in [0.717, 1.165) is 29.6 Å². The van der Waals surface area contributed by atoms with Crippen LogP contribution < -0.4 is 5.56 Å². The van der Waals surface area contributed by atoms with E-state index in [1.165, 1.54) is 12.0 Å². The molecule has 0 spiro atoms. The fourth-order valence-electron chi connectivity index (χ4n) is 2.50. The fraction of sp³-hybridized carbons (Fsp3) is 0.286. The van der Waals surface area contributed by atoms with E-state index < -0.39 is 0 Å². The van der Waals surface area contributed by atoms with E-state index in [2.05, 4.69) is 16.0 Å². The van der Waals surface area contributed by atoms with Gasteiger partial charge in [0.2, 0.25) is 0 Å². The SMILES string of the molecule is Cc1c(C2=CCCC2)[nH]c(=O)c2cccnc12. The molecule has 1 N–H and O–H groups in total. The van der Waals surface area contributed by atoms with Gasteiger partial charge in [0.1, 0.15) is 0 Å². The van der Waals surface area contributed by atoms with Gasteiger partial charge in [-0.15, -0.1) is 0 Å². The molecular formula is C14H14N2O. The molecule has 2 heterocycles. The molecule has 1 aliphatic rings. The number of aryl methyl sites for hydroxylation is 1. The smallest absolute Gasteiger partial charge is 0.257 e. The van der Waals surface area contributed by atoms with Crippen molar-refractivity contribution in [3.63, 3.8) is 0 Å². The van der Waals surface area contributed by atoms with Crippen molar-refractivity contribution in [3.8, 4) is 0 Å². The van der Waals surface area contributed by atoms with Crippen molar-refractivity contribution in [1.29, 1.82) is 0 Å². The average Bonchev–Trinajstić information content (AvgIpc) is 2.87. The van der Waals surface area contributed by atoms with Crippen LogP contribution in [-0.4, -0.2) is 9.97 Å². The molecule has 86 valence electrons. The molecule has 0 saturated carbocycles. The van der Waals surface area contributed by atoms with Gasteiger partial charge in [0, 0.05) is 11.9 Å². The van der Waals surface area contributed by atoms with Crippen molar-refractivity contribution in [1.82, 2.24) is 9.97 Å². The van der Waals surface area contributed by atoms with Crippen molar-refractivity contribution >= 4 is 16.5 Å². The van der Waals surface area contributed by atoms with Gasteiger partial charge in [-0.05, 0) is 49.5 Å². The maximum Gasteiger partial charge on any atom is 0.257 e. The lowest BCUT2D eigenvalue weighted by atomic mass is 10.0. The monoisotopic (exact) mass is 226 g/mol. The standard InChI is InChI=1S/C14H14N2O/c1-9-12(10-5-2-3-6-10)16-14(17)11-7-4-8-15-13(9)11/h4-5,7-8H,2-3,6H2,1H3,(H,16,17). The van der Waals surface area contributed by atoms with E-state index in [4.69, 9.17) is 0 Å². The number of rotatable bonds is 1. The molecule has 0 aromatic carbocycles. The summed E-state index contributed by atoms with van der Waals surface area (Å²) in [5.74, 6) is 0. The summed E-state index contributed by atoms with van der Waals surface area (Å²) in [4.78, 5) is 19.3. The normalized spacial score (nSPS) is 15.2. The molecular weight excluding hydrogens is 212 g/mol. The third-order valence-electron chi connectivity index (χ3n) is 3.38.